The van der Waals surface area contributed by atoms with Gasteiger partial charge < -0.3 is 15.4 Å². The molecule has 2 aromatic heterocycles. The molecule has 136 valence electrons. The summed E-state index contributed by atoms with van der Waals surface area (Å²) in [6, 6.07) is 3.86. The van der Waals surface area contributed by atoms with Gasteiger partial charge in [0.1, 0.15) is 17.6 Å². The van der Waals surface area contributed by atoms with Gasteiger partial charge in [0.2, 0.25) is 5.91 Å². The quantitative estimate of drug-likeness (QED) is 0.568. The van der Waals surface area contributed by atoms with Crippen LogP contribution in [0.4, 0.5) is 14.5 Å². The van der Waals surface area contributed by atoms with E-state index in [0.717, 1.165) is 12.1 Å². The Morgan fingerprint density at radius 1 is 1.42 bits per heavy atom. The monoisotopic (exact) mass is 423 g/mol. The Labute approximate surface area is 156 Å². The second-order valence-corrected chi connectivity index (χ2v) is 6.73. The number of pyridine rings is 1. The van der Waals surface area contributed by atoms with E-state index >= 15 is 0 Å². The maximum absolute atomic E-state index is 14.8. The van der Waals surface area contributed by atoms with Gasteiger partial charge in [-0.3, -0.25) is 4.79 Å². The zero-order valence-corrected chi connectivity index (χ0v) is 15.4. The Morgan fingerprint density at radius 2 is 2.19 bits per heavy atom. The lowest BCUT2D eigenvalue weighted by Crippen LogP contribution is -2.14. The lowest BCUT2D eigenvalue weighted by Gasteiger charge is -2.15. The lowest BCUT2D eigenvalue weighted by molar-refractivity contribution is -0.116. The minimum atomic E-state index is -1.57. The van der Waals surface area contributed by atoms with Crippen molar-refractivity contribution in [1.29, 1.82) is 0 Å². The van der Waals surface area contributed by atoms with Crippen LogP contribution in [0.25, 0.3) is 11.0 Å². The fraction of sp³-hybridized carbons (Fsp3) is 0.222. The molecule has 3 aromatic rings. The average Bonchev–Trinajstić information content (AvgIpc) is 3.00. The first-order chi connectivity index (χ1) is 12.4. The van der Waals surface area contributed by atoms with E-state index in [2.05, 4.69) is 31.2 Å². The van der Waals surface area contributed by atoms with E-state index in [-0.39, 0.29) is 23.6 Å². The summed E-state index contributed by atoms with van der Waals surface area (Å²) in [6.45, 7) is 1.82. The number of carbonyl (C=O) groups excluding carboxylic acids is 1. The van der Waals surface area contributed by atoms with E-state index in [9.17, 15) is 18.7 Å². The molecule has 0 saturated carbocycles. The van der Waals surface area contributed by atoms with Crippen LogP contribution in [0.3, 0.4) is 0 Å². The molecule has 8 heteroatoms. The molecule has 5 nitrogen and oxygen atoms in total. The van der Waals surface area contributed by atoms with Gasteiger partial charge in [0.15, 0.2) is 5.82 Å². The highest BCUT2D eigenvalue weighted by atomic mass is 79.9. The predicted octanol–water partition coefficient (Wildman–Crippen LogP) is 4.42. The summed E-state index contributed by atoms with van der Waals surface area (Å²) in [6.07, 6.45) is 2.27. The summed E-state index contributed by atoms with van der Waals surface area (Å²) in [5.74, 6) is -2.28. The van der Waals surface area contributed by atoms with Crippen LogP contribution in [-0.2, 0) is 4.79 Å². The van der Waals surface area contributed by atoms with Crippen LogP contribution >= 0.6 is 15.9 Å². The molecule has 0 fully saturated rings. The van der Waals surface area contributed by atoms with Gasteiger partial charge in [0, 0.05) is 34.2 Å². The Balaban J connectivity index is 2.04. The van der Waals surface area contributed by atoms with Gasteiger partial charge in [-0.05, 0) is 40.5 Å². The first-order valence-electron chi connectivity index (χ1n) is 8.00. The number of H-pyrrole nitrogens is 1. The zero-order valence-electron chi connectivity index (χ0n) is 13.8. The third-order valence-corrected chi connectivity index (χ3v) is 4.41. The molecule has 3 N–H and O–H groups in total. The van der Waals surface area contributed by atoms with Gasteiger partial charge in [-0.25, -0.2) is 13.8 Å². The van der Waals surface area contributed by atoms with Gasteiger partial charge in [-0.1, -0.05) is 6.92 Å². The minimum Gasteiger partial charge on any atom is -0.383 e. The van der Waals surface area contributed by atoms with Crippen molar-refractivity contribution in [2.45, 2.75) is 25.9 Å². The number of hydrogen-bond donors (Lipinski definition) is 3. The van der Waals surface area contributed by atoms with Crippen molar-refractivity contribution < 1.29 is 18.7 Å². The summed E-state index contributed by atoms with van der Waals surface area (Å²) in [4.78, 5) is 18.7. The van der Waals surface area contributed by atoms with Crippen LogP contribution in [0, 0.1) is 11.6 Å². The minimum absolute atomic E-state index is 0.168. The van der Waals surface area contributed by atoms with Gasteiger partial charge in [0.25, 0.3) is 0 Å². The topological polar surface area (TPSA) is 78.0 Å². The number of fused-ring (bicyclic) bond motifs is 1. The van der Waals surface area contributed by atoms with E-state index in [0.29, 0.717) is 21.9 Å². The molecule has 0 radical (unpaired) electrons. The number of nitrogens with one attached hydrogen (secondary N) is 2. The maximum Gasteiger partial charge on any atom is 0.224 e. The molecule has 0 aliphatic carbocycles. The van der Waals surface area contributed by atoms with Gasteiger partial charge in [-0.15, -0.1) is 0 Å². The maximum atomic E-state index is 14.8. The Morgan fingerprint density at radius 3 is 2.92 bits per heavy atom. The zero-order chi connectivity index (χ0) is 18.8. The Hall–Kier alpha value is -2.32. The van der Waals surface area contributed by atoms with Crippen LogP contribution in [0.1, 0.15) is 37.0 Å². The Kier molecular flexibility index (Phi) is 5.33. The summed E-state index contributed by atoms with van der Waals surface area (Å²) in [5.41, 5.74) is 0.0670. The van der Waals surface area contributed by atoms with E-state index in [1.807, 2.05) is 6.92 Å². The van der Waals surface area contributed by atoms with Gasteiger partial charge in [-0.2, -0.15) is 0 Å². The van der Waals surface area contributed by atoms with E-state index < -0.39 is 23.3 Å². The second-order valence-electron chi connectivity index (χ2n) is 5.82. The molecule has 1 unspecified atom stereocenters. The number of aromatic amines is 1. The fourth-order valence-corrected chi connectivity index (χ4v) is 3.07. The standard InChI is InChI=1S/C18H16BrF2N3O2/c1-2-3-14(25)24-13-5-4-12(20)15(16(13)21)17(26)11-8-23-18-10(11)6-9(19)7-22-18/h4-8,17,26H,2-3H2,1H3,(H,22,23)(H,24,25). The van der Waals surface area contributed by atoms with E-state index in [1.165, 1.54) is 6.20 Å². The van der Waals surface area contributed by atoms with Crippen molar-refractivity contribution in [3.8, 4) is 0 Å². The largest absolute Gasteiger partial charge is 0.383 e. The molecule has 1 aromatic carbocycles. The highest BCUT2D eigenvalue weighted by Crippen LogP contribution is 2.34. The van der Waals surface area contributed by atoms with E-state index in [4.69, 9.17) is 0 Å². The van der Waals surface area contributed by atoms with Crippen molar-refractivity contribution in [2.24, 2.45) is 0 Å². The third kappa shape index (κ3) is 3.47. The number of aliphatic hydroxyl groups excluding tert-OH is 1. The number of nitrogens with zero attached hydrogens (tertiary/aromatic N) is 1. The average molecular weight is 424 g/mol. The first kappa shape index (κ1) is 18.5. The predicted molar refractivity (Wildman–Crippen MR) is 97.8 cm³/mol. The molecule has 0 bridgehead atoms. The lowest BCUT2D eigenvalue weighted by atomic mass is 9.99. The molecule has 26 heavy (non-hydrogen) atoms. The summed E-state index contributed by atoms with van der Waals surface area (Å²) in [5, 5.41) is 13.6. The normalized spacial score (nSPS) is 12.3. The van der Waals surface area contributed by atoms with Crippen LogP contribution in [0.2, 0.25) is 0 Å². The summed E-state index contributed by atoms with van der Waals surface area (Å²) in [7, 11) is 0. The number of benzene rings is 1. The molecule has 2 heterocycles. The number of anilines is 1. The summed E-state index contributed by atoms with van der Waals surface area (Å²) < 4.78 is 29.8. The molecular weight excluding hydrogens is 408 g/mol. The highest BCUT2D eigenvalue weighted by molar-refractivity contribution is 9.10. The fourth-order valence-electron chi connectivity index (χ4n) is 2.74. The number of aliphatic hydroxyl groups is 1. The molecule has 0 saturated heterocycles. The molecule has 0 aliphatic rings. The van der Waals surface area contributed by atoms with Crippen molar-refractivity contribution >= 4 is 38.6 Å². The smallest absolute Gasteiger partial charge is 0.224 e. The number of rotatable bonds is 5. The Bertz CT molecular complexity index is 974. The molecular formula is C18H16BrF2N3O2. The van der Waals surface area contributed by atoms with Crippen LogP contribution in [-0.4, -0.2) is 21.0 Å². The van der Waals surface area contributed by atoms with Crippen molar-refractivity contribution in [1.82, 2.24) is 9.97 Å². The SMILES string of the molecule is CCCC(=O)Nc1ccc(F)c(C(O)c2c[nH]c3ncc(Br)cc23)c1F. The van der Waals surface area contributed by atoms with Crippen LogP contribution < -0.4 is 5.32 Å². The number of hydrogen-bond acceptors (Lipinski definition) is 3. The van der Waals surface area contributed by atoms with E-state index in [1.54, 1.807) is 12.3 Å². The molecule has 1 atom stereocenters. The summed E-state index contributed by atoms with van der Waals surface area (Å²) >= 11 is 3.29. The van der Waals surface area contributed by atoms with Gasteiger partial charge in [0.05, 0.1) is 11.3 Å². The number of carbonyl (C=O) groups is 1. The van der Waals surface area contributed by atoms with Gasteiger partial charge >= 0.3 is 0 Å². The second kappa shape index (κ2) is 7.51. The van der Waals surface area contributed by atoms with Crippen molar-refractivity contribution in [2.75, 3.05) is 5.32 Å². The van der Waals surface area contributed by atoms with Crippen molar-refractivity contribution in [3.63, 3.8) is 0 Å². The molecule has 0 aliphatic heterocycles. The number of aromatic nitrogens is 2. The molecule has 0 spiro atoms. The molecule has 3 rings (SSSR count). The molecule has 1 amide bonds. The first-order valence-corrected chi connectivity index (χ1v) is 8.80. The number of halogens is 3. The van der Waals surface area contributed by atoms with Crippen LogP contribution in [0.5, 0.6) is 0 Å². The van der Waals surface area contributed by atoms with Crippen LogP contribution in [0.15, 0.2) is 35.1 Å². The third-order valence-electron chi connectivity index (χ3n) is 3.98. The van der Waals surface area contributed by atoms with Crippen molar-refractivity contribution in [3.05, 3.63) is 57.8 Å². The number of amides is 1. The highest BCUT2D eigenvalue weighted by Gasteiger charge is 2.25.